The van der Waals surface area contributed by atoms with E-state index >= 15 is 0 Å². The Kier molecular flexibility index (Phi) is 5.40. The molecule has 0 aliphatic rings. The Bertz CT molecular complexity index is 1130. The second kappa shape index (κ2) is 8.29. The van der Waals surface area contributed by atoms with Gasteiger partial charge in [-0.15, -0.1) is 0 Å². The summed E-state index contributed by atoms with van der Waals surface area (Å²) in [5.74, 6) is -0.210. The van der Waals surface area contributed by atoms with Crippen molar-refractivity contribution in [2.24, 2.45) is 0 Å². The number of para-hydroxylation sites is 1. The number of carbonyl (C=O) groups is 1. The highest BCUT2D eigenvalue weighted by Crippen LogP contribution is 2.24. The van der Waals surface area contributed by atoms with Gasteiger partial charge in [0.2, 0.25) is 0 Å². The first-order chi connectivity index (χ1) is 14.1. The number of halogens is 1. The molecule has 6 heteroatoms. The SMILES string of the molecule is CC(NC(=O)c1cn(-c2ccccc2)nc1-c1cccnc1)c1cccc(Cl)c1. The van der Waals surface area contributed by atoms with Gasteiger partial charge in [-0.25, -0.2) is 4.68 Å². The highest BCUT2D eigenvalue weighted by atomic mass is 35.5. The Morgan fingerprint density at radius 2 is 1.90 bits per heavy atom. The van der Waals surface area contributed by atoms with E-state index in [9.17, 15) is 4.79 Å². The van der Waals surface area contributed by atoms with Gasteiger partial charge >= 0.3 is 0 Å². The van der Waals surface area contributed by atoms with Crippen molar-refractivity contribution in [3.63, 3.8) is 0 Å². The Balaban J connectivity index is 1.69. The quantitative estimate of drug-likeness (QED) is 0.506. The van der Waals surface area contributed by atoms with Crippen molar-refractivity contribution in [3.8, 4) is 16.9 Å². The van der Waals surface area contributed by atoms with Crippen molar-refractivity contribution in [2.45, 2.75) is 13.0 Å². The summed E-state index contributed by atoms with van der Waals surface area (Å²) in [6, 6.07) is 20.7. The van der Waals surface area contributed by atoms with Crippen LogP contribution in [0.2, 0.25) is 5.02 Å². The Labute approximate surface area is 174 Å². The Morgan fingerprint density at radius 3 is 2.62 bits per heavy atom. The van der Waals surface area contributed by atoms with E-state index in [4.69, 9.17) is 11.6 Å². The van der Waals surface area contributed by atoms with Gasteiger partial charge in [-0.3, -0.25) is 9.78 Å². The molecule has 0 aliphatic heterocycles. The number of nitrogens with one attached hydrogen (secondary N) is 1. The number of rotatable bonds is 5. The van der Waals surface area contributed by atoms with Crippen LogP contribution in [0.25, 0.3) is 16.9 Å². The lowest BCUT2D eigenvalue weighted by Gasteiger charge is -2.14. The molecule has 2 aromatic carbocycles. The average molecular weight is 403 g/mol. The number of carbonyl (C=O) groups excluding carboxylic acids is 1. The number of amides is 1. The summed E-state index contributed by atoms with van der Waals surface area (Å²) in [5.41, 5.74) is 3.65. The van der Waals surface area contributed by atoms with Crippen molar-refractivity contribution in [1.29, 1.82) is 0 Å². The maximum absolute atomic E-state index is 13.1. The summed E-state index contributed by atoms with van der Waals surface area (Å²) < 4.78 is 1.71. The highest BCUT2D eigenvalue weighted by molar-refractivity contribution is 6.30. The monoisotopic (exact) mass is 402 g/mol. The molecule has 1 atom stereocenters. The zero-order valence-corrected chi connectivity index (χ0v) is 16.5. The molecule has 0 aliphatic carbocycles. The normalized spacial score (nSPS) is 11.8. The molecule has 0 bridgehead atoms. The molecule has 1 unspecified atom stereocenters. The topological polar surface area (TPSA) is 59.8 Å². The molecular weight excluding hydrogens is 384 g/mol. The van der Waals surface area contributed by atoms with Crippen molar-refractivity contribution in [3.05, 3.63) is 101 Å². The molecular formula is C23H19ClN4O. The van der Waals surface area contributed by atoms with Gasteiger partial charge < -0.3 is 5.32 Å². The minimum absolute atomic E-state index is 0.206. The molecule has 0 radical (unpaired) electrons. The van der Waals surface area contributed by atoms with Gasteiger partial charge in [0.1, 0.15) is 5.69 Å². The van der Waals surface area contributed by atoms with E-state index in [-0.39, 0.29) is 11.9 Å². The summed E-state index contributed by atoms with van der Waals surface area (Å²) in [7, 11) is 0. The summed E-state index contributed by atoms with van der Waals surface area (Å²) in [6.07, 6.45) is 5.14. The fourth-order valence-electron chi connectivity index (χ4n) is 3.10. The molecule has 0 spiro atoms. The summed E-state index contributed by atoms with van der Waals surface area (Å²) in [4.78, 5) is 17.3. The molecule has 5 nitrogen and oxygen atoms in total. The third kappa shape index (κ3) is 4.20. The van der Waals surface area contributed by atoms with Crippen molar-refractivity contribution < 1.29 is 4.79 Å². The van der Waals surface area contributed by atoms with Crippen LogP contribution in [-0.4, -0.2) is 20.7 Å². The van der Waals surface area contributed by atoms with Crippen LogP contribution in [0.3, 0.4) is 0 Å². The Hall–Kier alpha value is -3.44. The minimum atomic E-state index is -0.210. The van der Waals surface area contributed by atoms with Gasteiger partial charge in [-0.2, -0.15) is 5.10 Å². The third-order valence-electron chi connectivity index (χ3n) is 4.61. The maximum Gasteiger partial charge on any atom is 0.255 e. The van der Waals surface area contributed by atoms with Crippen LogP contribution in [0.1, 0.15) is 28.9 Å². The lowest BCUT2D eigenvalue weighted by Crippen LogP contribution is -2.26. The van der Waals surface area contributed by atoms with E-state index in [0.717, 1.165) is 16.8 Å². The highest BCUT2D eigenvalue weighted by Gasteiger charge is 2.20. The molecule has 2 aromatic heterocycles. The predicted molar refractivity (Wildman–Crippen MR) is 114 cm³/mol. The number of hydrogen-bond acceptors (Lipinski definition) is 3. The van der Waals surface area contributed by atoms with E-state index in [1.807, 2.05) is 73.7 Å². The first kappa shape index (κ1) is 18.9. The number of aromatic nitrogens is 3. The van der Waals surface area contributed by atoms with E-state index < -0.39 is 0 Å². The van der Waals surface area contributed by atoms with Crippen molar-refractivity contribution in [2.75, 3.05) is 0 Å². The van der Waals surface area contributed by atoms with E-state index in [0.29, 0.717) is 16.3 Å². The smallest absolute Gasteiger partial charge is 0.255 e. The molecule has 0 fully saturated rings. The average Bonchev–Trinajstić information content (AvgIpc) is 3.21. The van der Waals surface area contributed by atoms with Gasteiger partial charge in [0.05, 0.1) is 17.3 Å². The van der Waals surface area contributed by atoms with Gasteiger partial charge in [0.15, 0.2) is 0 Å². The predicted octanol–water partition coefficient (Wildman–Crippen LogP) is 5.08. The fraction of sp³-hybridized carbons (Fsp3) is 0.0870. The Morgan fingerprint density at radius 1 is 1.07 bits per heavy atom. The third-order valence-corrected chi connectivity index (χ3v) is 4.85. The summed E-state index contributed by atoms with van der Waals surface area (Å²) >= 11 is 6.09. The summed E-state index contributed by atoms with van der Waals surface area (Å²) in [6.45, 7) is 1.93. The maximum atomic E-state index is 13.1. The number of nitrogens with zero attached hydrogens (tertiary/aromatic N) is 3. The van der Waals surface area contributed by atoms with Crippen LogP contribution in [-0.2, 0) is 0 Å². The second-order valence-corrected chi connectivity index (χ2v) is 7.10. The van der Waals surface area contributed by atoms with Gasteiger partial charge in [0, 0.05) is 29.2 Å². The molecule has 144 valence electrons. The fourth-order valence-corrected chi connectivity index (χ4v) is 3.30. The second-order valence-electron chi connectivity index (χ2n) is 6.66. The van der Waals surface area contributed by atoms with Crippen LogP contribution in [0, 0.1) is 0 Å². The van der Waals surface area contributed by atoms with Crippen molar-refractivity contribution in [1.82, 2.24) is 20.1 Å². The van der Waals surface area contributed by atoms with Gasteiger partial charge in [-0.05, 0) is 48.9 Å². The lowest BCUT2D eigenvalue weighted by molar-refractivity contribution is 0.0940. The molecule has 1 N–H and O–H groups in total. The van der Waals surface area contributed by atoms with Crippen LogP contribution in [0.5, 0.6) is 0 Å². The number of hydrogen-bond donors (Lipinski definition) is 1. The molecule has 0 saturated heterocycles. The summed E-state index contributed by atoms with van der Waals surface area (Å²) in [5, 5.41) is 8.34. The van der Waals surface area contributed by atoms with Crippen LogP contribution in [0.4, 0.5) is 0 Å². The van der Waals surface area contributed by atoms with E-state index in [2.05, 4.69) is 15.4 Å². The molecule has 4 rings (SSSR count). The zero-order chi connectivity index (χ0) is 20.2. The van der Waals surface area contributed by atoms with E-state index in [1.165, 1.54) is 0 Å². The zero-order valence-electron chi connectivity index (χ0n) is 15.8. The molecule has 2 heterocycles. The molecule has 4 aromatic rings. The van der Waals surface area contributed by atoms with Gasteiger partial charge in [-0.1, -0.05) is 41.9 Å². The number of pyridine rings is 1. The first-order valence-electron chi connectivity index (χ1n) is 9.23. The molecule has 0 saturated carbocycles. The molecule has 1 amide bonds. The van der Waals surface area contributed by atoms with Crippen LogP contribution >= 0.6 is 11.6 Å². The van der Waals surface area contributed by atoms with Crippen molar-refractivity contribution >= 4 is 17.5 Å². The van der Waals surface area contributed by atoms with Gasteiger partial charge in [0.25, 0.3) is 5.91 Å². The first-order valence-corrected chi connectivity index (χ1v) is 9.61. The lowest BCUT2D eigenvalue weighted by atomic mass is 10.1. The largest absolute Gasteiger partial charge is 0.345 e. The van der Waals surface area contributed by atoms with Crippen LogP contribution < -0.4 is 5.32 Å². The molecule has 29 heavy (non-hydrogen) atoms. The standard InChI is InChI=1S/C23H19ClN4O/c1-16(17-7-5-9-19(24)13-17)26-23(29)21-15-28(20-10-3-2-4-11-20)27-22(21)18-8-6-12-25-14-18/h2-16H,1H3,(H,26,29). The van der Waals surface area contributed by atoms with E-state index in [1.54, 1.807) is 23.3 Å². The number of benzene rings is 2. The minimum Gasteiger partial charge on any atom is -0.345 e. The van der Waals surface area contributed by atoms with Crippen LogP contribution in [0.15, 0.2) is 85.3 Å².